The topological polar surface area (TPSA) is 66.7 Å². The molecule has 0 aliphatic carbocycles. The van der Waals surface area contributed by atoms with Crippen molar-refractivity contribution in [2.75, 3.05) is 11.1 Å². The van der Waals surface area contributed by atoms with E-state index in [1.807, 2.05) is 19.1 Å². The molecule has 0 atom stereocenters. The monoisotopic (exact) mass is 236 g/mol. The summed E-state index contributed by atoms with van der Waals surface area (Å²) in [4.78, 5) is 0. The summed E-state index contributed by atoms with van der Waals surface area (Å²) in [6.07, 6.45) is 1.80. The quantitative estimate of drug-likeness (QED) is 0.718. The van der Waals surface area contributed by atoms with Crippen LogP contribution in [0.3, 0.4) is 0 Å². The van der Waals surface area contributed by atoms with Crippen molar-refractivity contribution in [2.45, 2.75) is 13.5 Å². The predicted octanol–water partition coefficient (Wildman–Crippen LogP) is 2.57. The highest BCUT2D eigenvalue weighted by Gasteiger charge is 2.02. The van der Waals surface area contributed by atoms with Crippen molar-refractivity contribution < 1.29 is 0 Å². The van der Waals surface area contributed by atoms with Gasteiger partial charge in [-0.25, -0.2) is 0 Å². The molecular formula is C11H13ClN4. The molecule has 0 saturated carbocycles. The lowest BCUT2D eigenvalue weighted by Crippen LogP contribution is -2.02. The molecule has 0 radical (unpaired) electrons. The van der Waals surface area contributed by atoms with Gasteiger partial charge in [-0.1, -0.05) is 11.6 Å². The van der Waals surface area contributed by atoms with Gasteiger partial charge in [0.05, 0.1) is 17.6 Å². The van der Waals surface area contributed by atoms with Crippen LogP contribution in [0.4, 0.5) is 11.4 Å². The van der Waals surface area contributed by atoms with Crippen LogP contribution in [0.25, 0.3) is 0 Å². The number of halogens is 1. The van der Waals surface area contributed by atoms with E-state index in [9.17, 15) is 0 Å². The Bertz CT molecular complexity index is 492. The van der Waals surface area contributed by atoms with E-state index >= 15 is 0 Å². The number of anilines is 2. The molecule has 0 saturated heterocycles. The molecule has 0 bridgehead atoms. The third-order valence-corrected chi connectivity index (χ3v) is 2.65. The first-order valence-corrected chi connectivity index (χ1v) is 5.32. The van der Waals surface area contributed by atoms with Crippen molar-refractivity contribution in [3.63, 3.8) is 0 Å². The fourth-order valence-corrected chi connectivity index (χ4v) is 1.62. The Kier molecular flexibility index (Phi) is 3.01. The second-order valence-corrected chi connectivity index (χ2v) is 4.04. The minimum absolute atomic E-state index is 0.641. The van der Waals surface area contributed by atoms with Gasteiger partial charge in [-0.2, -0.15) is 5.10 Å². The van der Waals surface area contributed by atoms with Gasteiger partial charge in [-0.3, -0.25) is 5.10 Å². The number of aromatic nitrogens is 2. The van der Waals surface area contributed by atoms with Gasteiger partial charge in [-0.15, -0.1) is 0 Å². The van der Waals surface area contributed by atoms with Gasteiger partial charge in [0.25, 0.3) is 0 Å². The number of nitrogens with zero attached hydrogens (tertiary/aromatic N) is 1. The average molecular weight is 237 g/mol. The zero-order chi connectivity index (χ0) is 11.5. The molecule has 84 valence electrons. The number of aryl methyl sites for hydroxylation is 1. The van der Waals surface area contributed by atoms with Gasteiger partial charge < -0.3 is 11.1 Å². The molecule has 1 aromatic carbocycles. The summed E-state index contributed by atoms with van der Waals surface area (Å²) in [7, 11) is 0. The Balaban J connectivity index is 2.08. The Hall–Kier alpha value is -1.68. The van der Waals surface area contributed by atoms with Crippen molar-refractivity contribution in [3.05, 3.63) is 40.7 Å². The van der Waals surface area contributed by atoms with Gasteiger partial charge in [0.1, 0.15) is 0 Å². The number of nitrogen functional groups attached to an aromatic ring is 1. The summed E-state index contributed by atoms with van der Waals surface area (Å²) in [5, 5.41) is 10.7. The van der Waals surface area contributed by atoms with Crippen molar-refractivity contribution in [2.24, 2.45) is 0 Å². The first-order chi connectivity index (χ1) is 7.66. The maximum Gasteiger partial charge on any atom is 0.0577 e. The first-order valence-electron chi connectivity index (χ1n) is 4.94. The molecule has 0 spiro atoms. The fourth-order valence-electron chi connectivity index (χ4n) is 1.44. The van der Waals surface area contributed by atoms with Crippen LogP contribution in [-0.2, 0) is 6.54 Å². The number of rotatable bonds is 3. The molecule has 0 unspecified atom stereocenters. The number of hydrogen-bond donors (Lipinski definition) is 3. The molecule has 0 aliphatic heterocycles. The van der Waals surface area contributed by atoms with Crippen LogP contribution >= 0.6 is 11.6 Å². The molecule has 2 aromatic rings. The number of aromatic amines is 1. The minimum atomic E-state index is 0.641. The van der Waals surface area contributed by atoms with E-state index in [1.54, 1.807) is 12.3 Å². The van der Waals surface area contributed by atoms with E-state index < -0.39 is 0 Å². The first kappa shape index (κ1) is 10.8. The van der Waals surface area contributed by atoms with Crippen LogP contribution < -0.4 is 11.1 Å². The lowest BCUT2D eigenvalue weighted by Gasteiger charge is -2.08. The van der Waals surface area contributed by atoms with E-state index in [0.717, 1.165) is 16.9 Å². The zero-order valence-electron chi connectivity index (χ0n) is 8.92. The number of hydrogen-bond acceptors (Lipinski definition) is 3. The number of nitrogens with two attached hydrogens (primary N) is 1. The average Bonchev–Trinajstić information content (AvgIpc) is 2.63. The molecule has 4 nitrogen and oxygen atoms in total. The molecule has 4 N–H and O–H groups in total. The summed E-state index contributed by atoms with van der Waals surface area (Å²) in [6, 6.07) is 5.40. The molecule has 1 heterocycles. The molecular weight excluding hydrogens is 224 g/mol. The van der Waals surface area contributed by atoms with Gasteiger partial charge >= 0.3 is 0 Å². The van der Waals surface area contributed by atoms with E-state index in [4.69, 9.17) is 17.3 Å². The van der Waals surface area contributed by atoms with Crippen LogP contribution in [0.2, 0.25) is 5.02 Å². The molecule has 0 fully saturated rings. The standard InChI is InChI=1S/C11H13ClN4/c1-7-8(6-15-16-7)5-14-11-3-2-9(12)4-10(11)13/h2-4,6,14H,5,13H2,1H3,(H,15,16). The number of nitrogens with one attached hydrogen (secondary N) is 2. The lowest BCUT2D eigenvalue weighted by atomic mass is 10.2. The predicted molar refractivity (Wildman–Crippen MR) is 66.5 cm³/mol. The van der Waals surface area contributed by atoms with Crippen LogP contribution in [0.5, 0.6) is 0 Å². The molecule has 16 heavy (non-hydrogen) atoms. The van der Waals surface area contributed by atoms with Crippen molar-refractivity contribution in [3.8, 4) is 0 Å². The Morgan fingerprint density at radius 3 is 2.94 bits per heavy atom. The second kappa shape index (κ2) is 4.45. The summed E-state index contributed by atoms with van der Waals surface area (Å²) >= 11 is 5.82. The third-order valence-electron chi connectivity index (χ3n) is 2.42. The second-order valence-electron chi connectivity index (χ2n) is 3.61. The van der Waals surface area contributed by atoms with Gasteiger partial charge in [0, 0.05) is 22.8 Å². The third kappa shape index (κ3) is 2.28. The number of benzene rings is 1. The number of H-pyrrole nitrogens is 1. The highest BCUT2D eigenvalue weighted by Crippen LogP contribution is 2.23. The van der Waals surface area contributed by atoms with Crippen LogP contribution in [-0.4, -0.2) is 10.2 Å². The minimum Gasteiger partial charge on any atom is -0.397 e. The highest BCUT2D eigenvalue weighted by molar-refractivity contribution is 6.31. The molecule has 1 aromatic heterocycles. The van der Waals surface area contributed by atoms with Crippen LogP contribution in [0.15, 0.2) is 24.4 Å². The van der Waals surface area contributed by atoms with Gasteiger partial charge in [0.2, 0.25) is 0 Å². The van der Waals surface area contributed by atoms with Crippen molar-refractivity contribution >= 4 is 23.0 Å². The zero-order valence-corrected chi connectivity index (χ0v) is 9.67. The maximum absolute atomic E-state index is 5.83. The van der Waals surface area contributed by atoms with Gasteiger partial charge in [-0.05, 0) is 25.1 Å². The van der Waals surface area contributed by atoms with Crippen LogP contribution in [0.1, 0.15) is 11.3 Å². The van der Waals surface area contributed by atoms with Crippen molar-refractivity contribution in [1.29, 1.82) is 0 Å². The van der Waals surface area contributed by atoms with E-state index in [-0.39, 0.29) is 0 Å². The molecule has 0 aliphatic rings. The van der Waals surface area contributed by atoms with E-state index in [2.05, 4.69) is 15.5 Å². The van der Waals surface area contributed by atoms with Crippen LogP contribution in [0, 0.1) is 6.92 Å². The molecule has 5 heteroatoms. The summed E-state index contributed by atoms with van der Waals surface area (Å²) < 4.78 is 0. The highest BCUT2D eigenvalue weighted by atomic mass is 35.5. The summed E-state index contributed by atoms with van der Waals surface area (Å²) in [5.74, 6) is 0. The Morgan fingerprint density at radius 2 is 2.31 bits per heavy atom. The van der Waals surface area contributed by atoms with Gasteiger partial charge in [0.15, 0.2) is 0 Å². The lowest BCUT2D eigenvalue weighted by molar-refractivity contribution is 1.04. The Labute approximate surface area is 98.8 Å². The SMILES string of the molecule is Cc1[nH]ncc1CNc1ccc(Cl)cc1N. The Morgan fingerprint density at radius 1 is 1.50 bits per heavy atom. The smallest absolute Gasteiger partial charge is 0.0577 e. The largest absolute Gasteiger partial charge is 0.397 e. The molecule has 0 amide bonds. The fraction of sp³-hybridized carbons (Fsp3) is 0.182. The molecule has 2 rings (SSSR count). The summed E-state index contributed by atoms with van der Waals surface area (Å²) in [5.41, 5.74) is 9.53. The van der Waals surface area contributed by atoms with E-state index in [1.165, 1.54) is 0 Å². The summed E-state index contributed by atoms with van der Waals surface area (Å²) in [6.45, 7) is 2.67. The van der Waals surface area contributed by atoms with E-state index in [0.29, 0.717) is 17.3 Å². The normalized spacial score (nSPS) is 10.4. The maximum atomic E-state index is 5.83. The van der Waals surface area contributed by atoms with Crippen molar-refractivity contribution in [1.82, 2.24) is 10.2 Å².